The summed E-state index contributed by atoms with van der Waals surface area (Å²) in [6.07, 6.45) is 4.74. The Hall–Kier alpha value is -2.09. The highest BCUT2D eigenvalue weighted by molar-refractivity contribution is 7.98. The maximum Gasteiger partial charge on any atom is 0.270 e. The fraction of sp³-hybridized carbons (Fsp3) is 0.300. The molecule has 0 bridgehead atoms. The van der Waals surface area contributed by atoms with Crippen molar-refractivity contribution in [2.45, 2.75) is 18.1 Å². The van der Waals surface area contributed by atoms with Crippen LogP contribution in [0, 0.1) is 0 Å². The van der Waals surface area contributed by atoms with Crippen molar-refractivity contribution in [2.24, 2.45) is 0 Å². The monoisotopic (exact) mass is 398 g/mol. The van der Waals surface area contributed by atoms with E-state index in [9.17, 15) is 4.79 Å². The zero-order valence-corrected chi connectivity index (χ0v) is 16.9. The summed E-state index contributed by atoms with van der Waals surface area (Å²) in [5.74, 6) is -0.0834. The van der Waals surface area contributed by atoms with Crippen LogP contribution in [0.15, 0.2) is 53.1 Å². The Balaban J connectivity index is 1.40. The van der Waals surface area contributed by atoms with Gasteiger partial charge < -0.3 is 5.32 Å². The lowest BCUT2D eigenvalue weighted by atomic mass is 10.1. The molecule has 1 aromatic carbocycles. The molecule has 0 unspecified atom stereocenters. The summed E-state index contributed by atoms with van der Waals surface area (Å²) in [6.45, 7) is 3.53. The second-order valence-electron chi connectivity index (χ2n) is 6.45. The van der Waals surface area contributed by atoms with E-state index in [4.69, 9.17) is 0 Å². The van der Waals surface area contributed by atoms with Crippen molar-refractivity contribution in [3.63, 3.8) is 0 Å². The quantitative estimate of drug-likeness (QED) is 0.646. The summed E-state index contributed by atoms with van der Waals surface area (Å²) in [5, 5.41) is 6.05. The molecule has 1 aliphatic heterocycles. The fourth-order valence-corrected chi connectivity index (χ4v) is 4.82. The zero-order chi connectivity index (χ0) is 18.6. The van der Waals surface area contributed by atoms with Gasteiger partial charge in [-0.05, 0) is 41.8 Å². The molecule has 0 fully saturated rings. The minimum absolute atomic E-state index is 0.0834. The summed E-state index contributed by atoms with van der Waals surface area (Å²) >= 11 is 3.38. The van der Waals surface area contributed by atoms with Gasteiger partial charge in [-0.1, -0.05) is 30.0 Å². The molecule has 4 rings (SSSR count). The van der Waals surface area contributed by atoms with Gasteiger partial charge in [-0.25, -0.2) is 4.98 Å². The lowest BCUT2D eigenvalue weighted by molar-refractivity contribution is 0.0940. The van der Waals surface area contributed by atoms with E-state index in [0.29, 0.717) is 12.2 Å². The Labute approximate surface area is 167 Å². The first-order valence-electron chi connectivity index (χ1n) is 8.99. The average Bonchev–Trinajstić information content (AvgIpc) is 3.34. The van der Waals surface area contributed by atoms with E-state index in [-0.39, 0.29) is 5.91 Å². The molecule has 0 aliphatic carbocycles. The number of hydrogen-bond acceptors (Lipinski definition) is 5. The van der Waals surface area contributed by atoms with Crippen LogP contribution in [0.3, 0.4) is 0 Å². The molecule has 0 atom stereocenters. The van der Waals surface area contributed by atoms with Gasteiger partial charge in [-0.3, -0.25) is 14.3 Å². The Morgan fingerprint density at radius 3 is 2.96 bits per heavy atom. The number of nitrogens with zero attached hydrogens (tertiary/aromatic N) is 3. The van der Waals surface area contributed by atoms with Crippen LogP contribution < -0.4 is 5.32 Å². The third-order valence-electron chi connectivity index (χ3n) is 4.76. The van der Waals surface area contributed by atoms with Crippen molar-refractivity contribution in [1.82, 2.24) is 19.8 Å². The van der Waals surface area contributed by atoms with E-state index < -0.39 is 0 Å². The number of para-hydroxylation sites is 1. The predicted molar refractivity (Wildman–Crippen MR) is 111 cm³/mol. The molecule has 5 nitrogen and oxygen atoms in total. The number of amides is 1. The first-order chi connectivity index (χ1) is 13.3. The Morgan fingerprint density at radius 2 is 2.15 bits per heavy atom. The summed E-state index contributed by atoms with van der Waals surface area (Å²) < 4.78 is 1.92. The SMILES string of the molecule is CSc1ncc(C(=O)NCCN2CCc3sccc3C2)n1-c1ccccc1. The third-order valence-corrected chi connectivity index (χ3v) is 6.44. The summed E-state index contributed by atoms with van der Waals surface area (Å²) in [4.78, 5) is 21.1. The van der Waals surface area contributed by atoms with Crippen molar-refractivity contribution >= 4 is 29.0 Å². The van der Waals surface area contributed by atoms with Crippen LogP contribution in [0.2, 0.25) is 0 Å². The molecule has 3 aromatic rings. The van der Waals surface area contributed by atoms with Crippen LogP contribution >= 0.6 is 23.1 Å². The number of benzene rings is 1. The topological polar surface area (TPSA) is 50.2 Å². The standard InChI is InChI=1S/C20H22N4OS2/c1-26-20-22-13-17(24(20)16-5-3-2-4-6-16)19(25)21-9-11-23-10-7-18-15(14-23)8-12-27-18/h2-6,8,12-13H,7,9-11,14H2,1H3,(H,21,25). The van der Waals surface area contributed by atoms with E-state index in [2.05, 4.69) is 26.6 Å². The minimum atomic E-state index is -0.0834. The molecule has 2 aromatic heterocycles. The number of rotatable bonds is 6. The number of thiophene rings is 1. The molecule has 140 valence electrons. The second kappa shape index (κ2) is 8.29. The number of carbonyl (C=O) groups excluding carboxylic acids is 1. The van der Waals surface area contributed by atoms with E-state index >= 15 is 0 Å². The molecule has 1 aliphatic rings. The lowest BCUT2D eigenvalue weighted by Crippen LogP contribution is -2.37. The molecule has 0 saturated heterocycles. The zero-order valence-electron chi connectivity index (χ0n) is 15.2. The van der Waals surface area contributed by atoms with Crippen LogP contribution in [0.5, 0.6) is 0 Å². The molecule has 7 heteroatoms. The maximum atomic E-state index is 12.8. The van der Waals surface area contributed by atoms with Gasteiger partial charge in [-0.2, -0.15) is 0 Å². The molecule has 0 saturated carbocycles. The predicted octanol–water partition coefficient (Wildman–Crippen LogP) is 3.44. The van der Waals surface area contributed by atoms with Gasteiger partial charge in [0.05, 0.1) is 6.20 Å². The van der Waals surface area contributed by atoms with Crippen molar-refractivity contribution < 1.29 is 4.79 Å². The second-order valence-corrected chi connectivity index (χ2v) is 8.23. The van der Waals surface area contributed by atoms with Crippen molar-refractivity contribution in [2.75, 3.05) is 25.9 Å². The van der Waals surface area contributed by atoms with Gasteiger partial charge in [0.1, 0.15) is 5.69 Å². The number of imidazole rings is 1. The number of nitrogens with one attached hydrogen (secondary N) is 1. The first kappa shape index (κ1) is 18.3. The van der Waals surface area contributed by atoms with Crippen LogP contribution in [0.4, 0.5) is 0 Å². The molecule has 0 spiro atoms. The summed E-state index contributed by atoms with van der Waals surface area (Å²) in [6, 6.07) is 12.1. The average molecular weight is 399 g/mol. The minimum Gasteiger partial charge on any atom is -0.349 e. The number of hydrogen-bond donors (Lipinski definition) is 1. The van der Waals surface area contributed by atoms with Gasteiger partial charge in [0.2, 0.25) is 0 Å². The normalized spacial score (nSPS) is 14.1. The highest BCUT2D eigenvalue weighted by Gasteiger charge is 2.19. The molecule has 1 N–H and O–H groups in total. The van der Waals surface area contributed by atoms with E-state index in [0.717, 1.165) is 36.9 Å². The fourth-order valence-electron chi connectivity index (χ4n) is 3.38. The number of aromatic nitrogens is 2. The third kappa shape index (κ3) is 3.95. The van der Waals surface area contributed by atoms with Crippen molar-refractivity contribution in [1.29, 1.82) is 0 Å². The van der Waals surface area contributed by atoms with Gasteiger partial charge in [-0.15, -0.1) is 11.3 Å². The Bertz CT molecular complexity index is 919. The number of carbonyl (C=O) groups is 1. The summed E-state index contributed by atoms with van der Waals surface area (Å²) in [7, 11) is 0. The van der Waals surface area contributed by atoms with Gasteiger partial charge in [0.15, 0.2) is 5.16 Å². The van der Waals surface area contributed by atoms with E-state index in [1.165, 1.54) is 22.2 Å². The first-order valence-corrected chi connectivity index (χ1v) is 11.1. The van der Waals surface area contributed by atoms with Gasteiger partial charge in [0.25, 0.3) is 5.91 Å². The summed E-state index contributed by atoms with van der Waals surface area (Å²) in [5.41, 5.74) is 2.96. The van der Waals surface area contributed by atoms with Crippen LogP contribution in [0.1, 0.15) is 20.9 Å². The molecular weight excluding hydrogens is 376 g/mol. The number of thioether (sulfide) groups is 1. The van der Waals surface area contributed by atoms with Gasteiger partial charge >= 0.3 is 0 Å². The molecule has 3 heterocycles. The maximum absolute atomic E-state index is 12.8. The molecule has 1 amide bonds. The van der Waals surface area contributed by atoms with E-state index in [1.807, 2.05) is 52.5 Å². The van der Waals surface area contributed by atoms with Crippen LogP contribution in [-0.4, -0.2) is 46.2 Å². The molecule has 0 radical (unpaired) electrons. The van der Waals surface area contributed by atoms with E-state index in [1.54, 1.807) is 6.20 Å². The van der Waals surface area contributed by atoms with Crippen molar-refractivity contribution in [3.8, 4) is 5.69 Å². The highest BCUT2D eigenvalue weighted by atomic mass is 32.2. The smallest absolute Gasteiger partial charge is 0.270 e. The Kier molecular flexibility index (Phi) is 5.61. The van der Waals surface area contributed by atoms with Crippen molar-refractivity contribution in [3.05, 3.63) is 64.1 Å². The largest absolute Gasteiger partial charge is 0.349 e. The lowest BCUT2D eigenvalue weighted by Gasteiger charge is -2.26. The highest BCUT2D eigenvalue weighted by Crippen LogP contribution is 2.24. The molecular formula is C20H22N4OS2. The number of fused-ring (bicyclic) bond motifs is 1. The Morgan fingerprint density at radius 1 is 1.30 bits per heavy atom. The van der Waals surface area contributed by atoms with Crippen LogP contribution in [-0.2, 0) is 13.0 Å². The van der Waals surface area contributed by atoms with Gasteiger partial charge in [0, 0.05) is 36.7 Å². The molecule has 27 heavy (non-hydrogen) atoms. The van der Waals surface area contributed by atoms with Crippen LogP contribution in [0.25, 0.3) is 5.69 Å².